The molecule has 0 heterocycles. The fraction of sp³-hybridized carbons (Fsp3) is 0.0357. The summed E-state index contributed by atoms with van der Waals surface area (Å²) in [6.45, 7) is 0. The first kappa shape index (κ1) is 26.3. The van der Waals surface area contributed by atoms with Crippen molar-refractivity contribution < 1.29 is 19.5 Å². The second kappa shape index (κ2) is 12.0. The van der Waals surface area contributed by atoms with Crippen molar-refractivity contribution in [1.29, 1.82) is 0 Å². The summed E-state index contributed by atoms with van der Waals surface area (Å²) in [4.78, 5) is 38.1. The summed E-state index contributed by atoms with van der Waals surface area (Å²) >= 11 is 13.5. The molecule has 0 spiro atoms. The lowest BCUT2D eigenvalue weighted by molar-refractivity contribution is -0.115. The van der Waals surface area contributed by atoms with E-state index in [9.17, 15) is 19.5 Å². The van der Waals surface area contributed by atoms with Gasteiger partial charge in [-0.2, -0.15) is 0 Å². The van der Waals surface area contributed by atoms with E-state index in [-0.39, 0.29) is 17.0 Å². The van der Waals surface area contributed by atoms with Gasteiger partial charge in [-0.25, -0.2) is 4.79 Å². The molecular formula is C28H20Cl2N2O4S. The van der Waals surface area contributed by atoms with Crippen LogP contribution < -0.4 is 10.6 Å². The minimum Gasteiger partial charge on any atom is -0.478 e. The Morgan fingerprint density at radius 1 is 0.703 bits per heavy atom. The molecule has 0 radical (unpaired) electrons. The molecule has 3 N–H and O–H groups in total. The van der Waals surface area contributed by atoms with E-state index in [1.165, 1.54) is 23.9 Å². The summed E-state index contributed by atoms with van der Waals surface area (Å²) < 4.78 is 0. The smallest absolute Gasteiger partial charge is 0.336 e. The van der Waals surface area contributed by atoms with Crippen LogP contribution in [0.25, 0.3) is 0 Å². The van der Waals surface area contributed by atoms with Gasteiger partial charge in [0.05, 0.1) is 11.1 Å². The van der Waals surface area contributed by atoms with Gasteiger partial charge in [0.1, 0.15) is 5.25 Å². The quantitative estimate of drug-likeness (QED) is 0.198. The normalized spacial score (nSPS) is 11.4. The summed E-state index contributed by atoms with van der Waals surface area (Å²) in [7, 11) is 0. The Hall–Kier alpha value is -3.78. The molecule has 186 valence electrons. The zero-order chi connectivity index (χ0) is 26.4. The third kappa shape index (κ3) is 6.92. The van der Waals surface area contributed by atoms with Gasteiger partial charge in [-0.05, 0) is 60.2 Å². The Kier molecular flexibility index (Phi) is 8.50. The number of hydrogen-bond donors (Lipinski definition) is 3. The van der Waals surface area contributed by atoms with Gasteiger partial charge in [-0.3, -0.25) is 9.59 Å². The Morgan fingerprint density at radius 3 is 1.92 bits per heavy atom. The van der Waals surface area contributed by atoms with Crippen LogP contribution in [0.3, 0.4) is 0 Å². The topological polar surface area (TPSA) is 95.5 Å². The van der Waals surface area contributed by atoms with Crippen molar-refractivity contribution in [2.45, 2.75) is 10.1 Å². The summed E-state index contributed by atoms with van der Waals surface area (Å²) in [6, 6.07) is 27.1. The molecule has 0 bridgehead atoms. The lowest BCUT2D eigenvalue weighted by Gasteiger charge is -2.18. The number of carboxylic acid groups (broad SMARTS) is 1. The fourth-order valence-corrected chi connectivity index (χ4v) is 5.10. The van der Waals surface area contributed by atoms with Crippen LogP contribution in [0.1, 0.15) is 31.5 Å². The van der Waals surface area contributed by atoms with Gasteiger partial charge < -0.3 is 15.7 Å². The molecule has 0 aliphatic carbocycles. The number of hydrogen-bond acceptors (Lipinski definition) is 4. The molecule has 37 heavy (non-hydrogen) atoms. The number of anilines is 2. The minimum absolute atomic E-state index is 0.0652. The molecule has 1 unspecified atom stereocenters. The first-order valence-electron chi connectivity index (χ1n) is 11.0. The van der Waals surface area contributed by atoms with Crippen LogP contribution in [-0.4, -0.2) is 22.9 Å². The van der Waals surface area contributed by atoms with Gasteiger partial charge in [0.25, 0.3) is 5.91 Å². The second-order valence-corrected chi connectivity index (χ2v) is 9.94. The van der Waals surface area contributed by atoms with E-state index >= 15 is 0 Å². The zero-order valence-corrected chi connectivity index (χ0v) is 21.5. The number of halogens is 2. The Balaban J connectivity index is 1.51. The van der Waals surface area contributed by atoms with Crippen molar-refractivity contribution in [3.05, 3.63) is 124 Å². The highest BCUT2D eigenvalue weighted by atomic mass is 35.5. The molecule has 9 heteroatoms. The van der Waals surface area contributed by atoms with Gasteiger partial charge in [-0.15, -0.1) is 11.8 Å². The maximum Gasteiger partial charge on any atom is 0.336 e. The fourth-order valence-electron chi connectivity index (χ4n) is 3.55. The summed E-state index contributed by atoms with van der Waals surface area (Å²) in [5.74, 6) is -1.96. The van der Waals surface area contributed by atoms with Crippen molar-refractivity contribution >= 4 is 64.1 Å². The first-order chi connectivity index (χ1) is 17.8. The van der Waals surface area contributed by atoms with Crippen molar-refractivity contribution in [2.75, 3.05) is 10.6 Å². The van der Waals surface area contributed by atoms with Crippen molar-refractivity contribution in [3.8, 4) is 0 Å². The lowest BCUT2D eigenvalue weighted by atomic mass is 10.1. The molecule has 4 aromatic rings. The van der Waals surface area contributed by atoms with E-state index in [2.05, 4.69) is 10.6 Å². The van der Waals surface area contributed by atoms with E-state index in [4.69, 9.17) is 23.2 Å². The maximum absolute atomic E-state index is 13.3. The number of rotatable bonds is 8. The van der Waals surface area contributed by atoms with Gasteiger partial charge >= 0.3 is 5.97 Å². The van der Waals surface area contributed by atoms with E-state index in [1.54, 1.807) is 54.6 Å². The SMILES string of the molecule is O=C(O)c1ccccc1C(=O)Nc1ccc(SC(C(=O)Nc2cc(Cl)cc(Cl)c2)c2ccccc2)cc1. The number of nitrogens with one attached hydrogen (secondary N) is 2. The first-order valence-corrected chi connectivity index (χ1v) is 12.7. The van der Waals surface area contributed by atoms with Crippen LogP contribution in [0.4, 0.5) is 11.4 Å². The third-order valence-corrected chi connectivity index (χ3v) is 6.94. The monoisotopic (exact) mass is 550 g/mol. The Morgan fingerprint density at radius 2 is 1.30 bits per heavy atom. The molecule has 1 atom stereocenters. The van der Waals surface area contributed by atoms with Crippen molar-refractivity contribution in [1.82, 2.24) is 0 Å². The van der Waals surface area contributed by atoms with Crippen LogP contribution in [0.5, 0.6) is 0 Å². The maximum atomic E-state index is 13.3. The van der Waals surface area contributed by atoms with Gasteiger partial charge in [0.15, 0.2) is 0 Å². The molecule has 2 amide bonds. The standard InChI is InChI=1S/C28H20Cl2N2O4S/c29-18-14-19(30)16-21(15-18)32-27(34)25(17-6-2-1-3-7-17)37-22-12-10-20(11-13-22)31-26(33)23-8-4-5-9-24(23)28(35)36/h1-16,25H,(H,31,33)(H,32,34)(H,35,36). The van der Waals surface area contributed by atoms with Crippen LogP contribution in [-0.2, 0) is 4.79 Å². The number of carbonyl (C=O) groups is 3. The highest BCUT2D eigenvalue weighted by Gasteiger charge is 2.23. The summed E-state index contributed by atoms with van der Waals surface area (Å²) in [5, 5.41) is 15.2. The van der Waals surface area contributed by atoms with Gasteiger partial charge in [0.2, 0.25) is 5.91 Å². The second-order valence-electron chi connectivity index (χ2n) is 7.89. The molecule has 0 aromatic heterocycles. The van der Waals surface area contributed by atoms with E-state index < -0.39 is 17.1 Å². The minimum atomic E-state index is -1.18. The van der Waals surface area contributed by atoms with Gasteiger partial charge in [-0.1, -0.05) is 65.7 Å². The molecule has 0 fully saturated rings. The number of benzene rings is 4. The highest BCUT2D eigenvalue weighted by molar-refractivity contribution is 8.00. The molecule has 4 aromatic carbocycles. The predicted octanol–water partition coefficient (Wildman–Crippen LogP) is 7.42. The average molecular weight is 551 g/mol. The lowest BCUT2D eigenvalue weighted by Crippen LogP contribution is -2.19. The van der Waals surface area contributed by atoms with Crippen LogP contribution in [0, 0.1) is 0 Å². The number of amides is 2. The molecule has 6 nitrogen and oxygen atoms in total. The van der Waals surface area contributed by atoms with Crippen LogP contribution in [0.2, 0.25) is 10.0 Å². The van der Waals surface area contributed by atoms with Crippen molar-refractivity contribution in [2.24, 2.45) is 0 Å². The van der Waals surface area contributed by atoms with E-state index in [0.717, 1.165) is 10.5 Å². The number of thioether (sulfide) groups is 1. The third-order valence-electron chi connectivity index (χ3n) is 5.24. The molecule has 0 saturated carbocycles. The number of aromatic carboxylic acids is 1. The molecular weight excluding hydrogens is 531 g/mol. The number of carboxylic acids is 1. The average Bonchev–Trinajstić information content (AvgIpc) is 2.88. The zero-order valence-electron chi connectivity index (χ0n) is 19.2. The molecule has 4 rings (SSSR count). The van der Waals surface area contributed by atoms with Crippen LogP contribution >= 0.6 is 35.0 Å². The largest absolute Gasteiger partial charge is 0.478 e. The van der Waals surface area contributed by atoms with Crippen LogP contribution in [0.15, 0.2) is 102 Å². The van der Waals surface area contributed by atoms with E-state index in [1.807, 2.05) is 30.3 Å². The summed E-state index contributed by atoms with van der Waals surface area (Å²) in [5.41, 5.74) is 1.77. The predicted molar refractivity (Wildman–Crippen MR) is 148 cm³/mol. The molecule has 0 aliphatic rings. The highest BCUT2D eigenvalue weighted by Crippen LogP contribution is 2.37. The molecule has 0 saturated heterocycles. The summed E-state index contributed by atoms with van der Waals surface area (Å²) in [6.07, 6.45) is 0. The Labute approximate surface area is 227 Å². The van der Waals surface area contributed by atoms with Crippen molar-refractivity contribution in [3.63, 3.8) is 0 Å². The molecule has 0 aliphatic heterocycles. The van der Waals surface area contributed by atoms with E-state index in [0.29, 0.717) is 21.4 Å². The Bertz CT molecular complexity index is 1430. The number of carbonyl (C=O) groups excluding carboxylic acids is 2. The van der Waals surface area contributed by atoms with Gasteiger partial charge in [0, 0.05) is 26.3 Å².